The molecule has 5 aromatic rings. The average molecular weight is 640 g/mol. The number of benzene rings is 3. The Kier molecular flexibility index (Phi) is 7.27. The topological polar surface area (TPSA) is 92.5 Å². The van der Waals surface area contributed by atoms with Gasteiger partial charge in [-0.25, -0.2) is 22.2 Å². The lowest BCUT2D eigenvalue weighted by Crippen LogP contribution is -2.25. The van der Waals surface area contributed by atoms with E-state index < -0.39 is 21.7 Å². The number of aromatic nitrogens is 1. The second-order valence-electron chi connectivity index (χ2n) is 11.8. The Labute approximate surface area is 265 Å². The van der Waals surface area contributed by atoms with Crippen molar-refractivity contribution in [3.05, 3.63) is 106 Å². The van der Waals surface area contributed by atoms with E-state index in [0.717, 1.165) is 58.6 Å². The summed E-state index contributed by atoms with van der Waals surface area (Å²) in [5, 5.41) is 3.11. The fraction of sp³-hybridized carbons (Fsp3) is 0.222. The van der Waals surface area contributed by atoms with Crippen molar-refractivity contribution in [3.8, 4) is 22.6 Å². The van der Waals surface area contributed by atoms with Gasteiger partial charge in [-0.15, -0.1) is 0 Å². The number of halogens is 2. The van der Waals surface area contributed by atoms with E-state index in [0.29, 0.717) is 33.5 Å². The number of rotatable bonds is 5. The molecule has 1 N–H and O–H groups in total. The second kappa shape index (κ2) is 11.2. The van der Waals surface area contributed by atoms with Crippen molar-refractivity contribution in [2.75, 3.05) is 24.7 Å². The molecule has 2 aliphatic carbocycles. The zero-order chi connectivity index (χ0) is 32.3. The highest BCUT2D eigenvalue weighted by Gasteiger charge is 2.32. The van der Waals surface area contributed by atoms with E-state index in [2.05, 4.69) is 5.32 Å². The van der Waals surface area contributed by atoms with Crippen LogP contribution < -0.4 is 9.62 Å². The molecule has 1 amide bonds. The van der Waals surface area contributed by atoms with Crippen LogP contribution in [0.15, 0.2) is 71.1 Å². The number of anilines is 1. The SMILES string of the molecule is CNC(=O)c1c(-c2ccc(F)cc2)oc2cc(N(C)S(C)(=O)=O)c(-c3ccc4c(n3)C3=Cc5c(F)cccc5C3CCCC4)cc12. The molecule has 7 rings (SSSR count). The van der Waals surface area contributed by atoms with E-state index in [1.165, 1.54) is 44.4 Å². The molecule has 0 fully saturated rings. The Hall–Kier alpha value is -4.83. The number of furan rings is 1. The molecule has 0 aliphatic heterocycles. The van der Waals surface area contributed by atoms with Crippen molar-refractivity contribution >= 4 is 44.2 Å². The molecule has 0 saturated carbocycles. The molecular formula is C36H31F2N3O4S. The van der Waals surface area contributed by atoms with Gasteiger partial charge in [0.2, 0.25) is 10.0 Å². The minimum Gasteiger partial charge on any atom is -0.455 e. The Balaban J connectivity index is 1.48. The summed E-state index contributed by atoms with van der Waals surface area (Å²) in [5.74, 6) is -0.894. The van der Waals surface area contributed by atoms with Crippen molar-refractivity contribution < 1.29 is 26.4 Å². The van der Waals surface area contributed by atoms with E-state index in [1.807, 2.05) is 24.3 Å². The number of sulfonamides is 1. The normalized spacial score (nSPS) is 15.8. The van der Waals surface area contributed by atoms with Gasteiger partial charge in [-0.1, -0.05) is 24.6 Å². The van der Waals surface area contributed by atoms with Crippen molar-refractivity contribution in [2.24, 2.45) is 0 Å². The molecule has 234 valence electrons. The minimum absolute atomic E-state index is 0.000127. The maximum Gasteiger partial charge on any atom is 0.255 e. The number of fused-ring (bicyclic) bond motifs is 6. The molecule has 7 nitrogen and oxygen atoms in total. The van der Waals surface area contributed by atoms with Crippen molar-refractivity contribution in [1.82, 2.24) is 10.3 Å². The third-order valence-corrected chi connectivity index (χ3v) is 10.2. The molecule has 2 aromatic heterocycles. The molecule has 3 aromatic carbocycles. The number of nitrogens with one attached hydrogen (secondary N) is 1. The van der Waals surface area contributed by atoms with Gasteiger partial charge in [-0.05, 0) is 84.5 Å². The number of hydrogen-bond donors (Lipinski definition) is 1. The maximum absolute atomic E-state index is 14.9. The minimum atomic E-state index is -3.73. The first-order valence-electron chi connectivity index (χ1n) is 15.1. The third-order valence-electron chi connectivity index (χ3n) is 9.06. The first kappa shape index (κ1) is 29.9. The lowest BCUT2D eigenvalue weighted by atomic mass is 9.84. The third kappa shape index (κ3) is 4.97. The van der Waals surface area contributed by atoms with E-state index >= 15 is 0 Å². The van der Waals surface area contributed by atoms with Crippen LogP contribution in [0.3, 0.4) is 0 Å². The fourth-order valence-electron chi connectivity index (χ4n) is 6.66. The van der Waals surface area contributed by atoms with E-state index in [4.69, 9.17) is 9.40 Å². The summed E-state index contributed by atoms with van der Waals surface area (Å²) in [7, 11) is -0.774. The molecule has 2 heterocycles. The number of carbonyl (C=O) groups excluding carboxylic acids is 1. The van der Waals surface area contributed by atoms with Crippen molar-refractivity contribution in [1.29, 1.82) is 0 Å². The van der Waals surface area contributed by atoms with Gasteiger partial charge in [0, 0.05) is 48.2 Å². The smallest absolute Gasteiger partial charge is 0.255 e. The first-order valence-corrected chi connectivity index (χ1v) is 16.9. The quantitative estimate of drug-likeness (QED) is 0.214. The highest BCUT2D eigenvalue weighted by molar-refractivity contribution is 7.92. The Morgan fingerprint density at radius 3 is 2.57 bits per heavy atom. The monoisotopic (exact) mass is 639 g/mol. The number of carbonyl (C=O) groups is 1. The predicted octanol–water partition coefficient (Wildman–Crippen LogP) is 7.56. The Morgan fingerprint density at radius 2 is 1.83 bits per heavy atom. The molecule has 46 heavy (non-hydrogen) atoms. The van der Waals surface area contributed by atoms with Crippen LogP contribution in [-0.4, -0.2) is 39.7 Å². The maximum atomic E-state index is 14.9. The largest absolute Gasteiger partial charge is 0.455 e. The van der Waals surface area contributed by atoms with Crippen LogP contribution in [0.2, 0.25) is 0 Å². The van der Waals surface area contributed by atoms with Gasteiger partial charge < -0.3 is 9.73 Å². The summed E-state index contributed by atoms with van der Waals surface area (Å²) in [5.41, 5.74) is 6.57. The molecule has 1 atom stereocenters. The van der Waals surface area contributed by atoms with Crippen molar-refractivity contribution in [2.45, 2.75) is 31.6 Å². The summed E-state index contributed by atoms with van der Waals surface area (Å²) in [4.78, 5) is 18.4. The molecular weight excluding hydrogens is 608 g/mol. The van der Waals surface area contributed by atoms with E-state index in [1.54, 1.807) is 18.2 Å². The summed E-state index contributed by atoms with van der Waals surface area (Å²) in [6.45, 7) is 0. The van der Waals surface area contributed by atoms with Crippen molar-refractivity contribution in [3.63, 3.8) is 0 Å². The summed E-state index contributed by atoms with van der Waals surface area (Å²) in [6.07, 6.45) is 6.66. The average Bonchev–Trinajstić information content (AvgIpc) is 3.59. The summed E-state index contributed by atoms with van der Waals surface area (Å²) >= 11 is 0. The highest BCUT2D eigenvalue weighted by Crippen LogP contribution is 2.48. The van der Waals surface area contributed by atoms with Gasteiger partial charge in [0.25, 0.3) is 5.91 Å². The van der Waals surface area contributed by atoms with Gasteiger partial charge in [0.1, 0.15) is 23.0 Å². The number of pyridine rings is 1. The zero-order valence-corrected chi connectivity index (χ0v) is 26.3. The molecule has 0 bridgehead atoms. The van der Waals surface area contributed by atoms with Crippen LogP contribution in [0.1, 0.15) is 57.9 Å². The summed E-state index contributed by atoms with van der Waals surface area (Å²) in [6, 6.07) is 18.0. The van der Waals surface area contributed by atoms with Gasteiger partial charge >= 0.3 is 0 Å². The lowest BCUT2D eigenvalue weighted by Gasteiger charge is -2.24. The molecule has 2 aliphatic rings. The number of amides is 1. The Bertz CT molecular complexity index is 2190. The van der Waals surface area contributed by atoms with Crippen LogP contribution in [0.4, 0.5) is 14.5 Å². The molecule has 0 spiro atoms. The van der Waals surface area contributed by atoms with Crippen LogP contribution in [0, 0.1) is 11.6 Å². The number of allylic oxidation sites excluding steroid dienone is 1. The zero-order valence-electron chi connectivity index (χ0n) is 25.5. The highest BCUT2D eigenvalue weighted by atomic mass is 32.2. The van der Waals surface area contributed by atoms with Gasteiger partial charge in [-0.3, -0.25) is 9.10 Å². The van der Waals surface area contributed by atoms with E-state index in [9.17, 15) is 22.0 Å². The van der Waals surface area contributed by atoms with Gasteiger partial charge in [-0.2, -0.15) is 0 Å². The standard InChI is InChI=1S/C36H31F2N3O4S/c1-39-36(42)33-28-18-27(31(41(2)46(3,43)44)19-32(28)45-35(33)21-11-14-22(37)15-12-21)30-16-13-20-7-4-5-8-24-23-9-6-10-29(38)25(23)17-26(24)34(20)40-30/h6,9-19,24H,4-5,7-8H2,1-3H3,(H,39,42). The lowest BCUT2D eigenvalue weighted by molar-refractivity contribution is 0.0964. The first-order chi connectivity index (χ1) is 22.0. The number of aryl methyl sites for hydroxylation is 1. The Morgan fingerprint density at radius 1 is 1.04 bits per heavy atom. The van der Waals surface area contributed by atoms with E-state index in [-0.39, 0.29) is 28.6 Å². The van der Waals surface area contributed by atoms with Crippen LogP contribution in [0.25, 0.3) is 45.2 Å². The molecule has 10 heteroatoms. The van der Waals surface area contributed by atoms with Gasteiger partial charge in [0.15, 0.2) is 0 Å². The van der Waals surface area contributed by atoms with Crippen LogP contribution >= 0.6 is 0 Å². The summed E-state index contributed by atoms with van der Waals surface area (Å²) < 4.78 is 61.8. The number of hydrogen-bond acceptors (Lipinski definition) is 5. The predicted molar refractivity (Wildman–Crippen MR) is 176 cm³/mol. The molecule has 1 unspecified atom stereocenters. The molecule has 0 saturated heterocycles. The fourth-order valence-corrected chi connectivity index (χ4v) is 7.17. The number of nitrogens with zero attached hydrogens (tertiary/aromatic N) is 2. The molecule has 0 radical (unpaired) electrons. The van der Waals surface area contributed by atoms with Crippen LogP contribution in [-0.2, 0) is 16.4 Å². The van der Waals surface area contributed by atoms with Crippen LogP contribution in [0.5, 0.6) is 0 Å². The van der Waals surface area contributed by atoms with Gasteiger partial charge in [0.05, 0.1) is 28.9 Å². The second-order valence-corrected chi connectivity index (χ2v) is 13.8.